The van der Waals surface area contributed by atoms with Crippen molar-refractivity contribution in [1.82, 2.24) is 20.2 Å². The van der Waals surface area contributed by atoms with Crippen molar-refractivity contribution in [3.63, 3.8) is 0 Å². The maximum atomic E-state index is 13.6. The summed E-state index contributed by atoms with van der Waals surface area (Å²) in [6.45, 7) is 3.36. The third-order valence-electron chi connectivity index (χ3n) is 6.19. The molecule has 0 aliphatic heterocycles. The first-order chi connectivity index (χ1) is 19.3. The van der Waals surface area contributed by atoms with Crippen LogP contribution < -0.4 is 25.0 Å². The van der Waals surface area contributed by atoms with Gasteiger partial charge < -0.3 is 19.5 Å². The van der Waals surface area contributed by atoms with Gasteiger partial charge >= 0.3 is 0 Å². The van der Waals surface area contributed by atoms with Gasteiger partial charge in [0, 0.05) is 29.7 Å². The minimum atomic E-state index is -0.693. The fourth-order valence-electron chi connectivity index (χ4n) is 4.23. The normalized spacial score (nSPS) is 10.8. The number of amides is 1. The smallest absolute Gasteiger partial charge is 0.280 e. The van der Waals surface area contributed by atoms with E-state index in [1.807, 2.05) is 0 Å². The highest BCUT2D eigenvalue weighted by Gasteiger charge is 2.20. The van der Waals surface area contributed by atoms with Gasteiger partial charge in [-0.15, -0.1) is 0 Å². The zero-order chi connectivity index (χ0) is 28.4. The van der Waals surface area contributed by atoms with Crippen LogP contribution in [0.2, 0.25) is 0 Å². The number of fused-ring (bicyclic) bond motifs is 1. The van der Waals surface area contributed by atoms with Gasteiger partial charge in [-0.3, -0.25) is 19.7 Å². The number of carbonyl (C=O) groups is 1. The van der Waals surface area contributed by atoms with Crippen LogP contribution in [0.1, 0.15) is 21.7 Å². The Morgan fingerprint density at radius 1 is 0.975 bits per heavy atom. The molecule has 0 atom stereocenters. The maximum Gasteiger partial charge on any atom is 0.280 e. The Morgan fingerprint density at radius 2 is 1.75 bits per heavy atom. The van der Waals surface area contributed by atoms with Crippen LogP contribution in [0.4, 0.5) is 10.1 Å². The lowest BCUT2D eigenvalue weighted by Gasteiger charge is -2.12. The quantitative estimate of drug-likeness (QED) is 0.288. The van der Waals surface area contributed by atoms with E-state index in [4.69, 9.17) is 14.2 Å². The number of nitrogens with zero attached hydrogens (tertiary/aromatic N) is 3. The van der Waals surface area contributed by atoms with E-state index < -0.39 is 17.2 Å². The van der Waals surface area contributed by atoms with Crippen molar-refractivity contribution in [2.45, 2.75) is 13.8 Å². The number of pyridine rings is 2. The second-order valence-electron chi connectivity index (χ2n) is 8.82. The van der Waals surface area contributed by atoms with Crippen molar-refractivity contribution in [3.8, 4) is 34.3 Å². The molecule has 0 fully saturated rings. The van der Waals surface area contributed by atoms with Gasteiger partial charge in [0.25, 0.3) is 11.8 Å². The first-order valence-corrected chi connectivity index (χ1v) is 12.1. The number of methoxy groups -OCH3 is 2. The van der Waals surface area contributed by atoms with Crippen molar-refractivity contribution < 1.29 is 23.4 Å². The molecule has 202 valence electrons. The van der Waals surface area contributed by atoms with Gasteiger partial charge in [-0.1, -0.05) is 6.07 Å². The topological polar surface area (TPSA) is 128 Å². The molecule has 10 nitrogen and oxygen atoms in total. The minimum Gasteiger partial charge on any atom is -0.491 e. The Hall–Kier alpha value is -5.32. The molecule has 0 radical (unpaired) electrons. The summed E-state index contributed by atoms with van der Waals surface area (Å²) >= 11 is 0. The SMILES string of the molecule is COc1cc2nccc(Oc3ccc(NC(=O)c4n[nH]c(C)c(-c5ccc(F)cc5C)c4=O)cc3)c2nc1OC. The van der Waals surface area contributed by atoms with Crippen LogP contribution in [0.3, 0.4) is 0 Å². The lowest BCUT2D eigenvalue weighted by Crippen LogP contribution is -2.26. The van der Waals surface area contributed by atoms with Crippen molar-refractivity contribution >= 4 is 22.6 Å². The van der Waals surface area contributed by atoms with Crippen LogP contribution in [0.25, 0.3) is 22.2 Å². The molecule has 3 aromatic heterocycles. The van der Waals surface area contributed by atoms with Gasteiger partial charge in [-0.2, -0.15) is 5.10 Å². The molecule has 0 bridgehead atoms. The molecule has 0 saturated heterocycles. The van der Waals surface area contributed by atoms with E-state index in [2.05, 4.69) is 25.5 Å². The number of aromatic nitrogens is 4. The summed E-state index contributed by atoms with van der Waals surface area (Å²) in [4.78, 5) is 35.0. The predicted octanol–water partition coefficient (Wildman–Crippen LogP) is 5.20. The van der Waals surface area contributed by atoms with Crippen molar-refractivity contribution in [3.05, 3.63) is 93.8 Å². The van der Waals surface area contributed by atoms with Crippen molar-refractivity contribution in [2.24, 2.45) is 0 Å². The third-order valence-corrected chi connectivity index (χ3v) is 6.19. The highest BCUT2D eigenvalue weighted by molar-refractivity contribution is 6.03. The molecule has 11 heteroatoms. The first kappa shape index (κ1) is 26.3. The van der Waals surface area contributed by atoms with E-state index in [0.717, 1.165) is 0 Å². The van der Waals surface area contributed by atoms with Gasteiger partial charge in [-0.25, -0.2) is 9.37 Å². The zero-order valence-electron chi connectivity index (χ0n) is 22.0. The molecule has 40 heavy (non-hydrogen) atoms. The molecule has 3 heterocycles. The lowest BCUT2D eigenvalue weighted by atomic mass is 9.98. The highest BCUT2D eigenvalue weighted by Crippen LogP contribution is 2.34. The first-order valence-electron chi connectivity index (χ1n) is 12.1. The summed E-state index contributed by atoms with van der Waals surface area (Å²) in [6, 6.07) is 14.0. The molecular weight excluding hydrogens is 517 g/mol. The van der Waals surface area contributed by atoms with Gasteiger partial charge in [0.05, 0.1) is 25.3 Å². The predicted molar refractivity (Wildman–Crippen MR) is 147 cm³/mol. The Bertz CT molecular complexity index is 1800. The van der Waals surface area contributed by atoms with Gasteiger partial charge in [0.15, 0.2) is 17.2 Å². The molecule has 0 saturated carbocycles. The van der Waals surface area contributed by atoms with Crippen LogP contribution >= 0.6 is 0 Å². The van der Waals surface area contributed by atoms with Gasteiger partial charge in [-0.05, 0) is 61.4 Å². The van der Waals surface area contributed by atoms with Crippen LogP contribution in [0, 0.1) is 19.7 Å². The van der Waals surface area contributed by atoms with E-state index in [0.29, 0.717) is 56.7 Å². The van der Waals surface area contributed by atoms with E-state index in [1.54, 1.807) is 56.4 Å². The standard InChI is InChI=1S/C29H24FN5O5/c1-15-13-17(30)5-10-20(15)24-16(2)34-35-26(27(24)36)28(37)32-18-6-8-19(9-7-18)40-22-11-12-31-21-14-23(38-3)29(39-4)33-25(21)22/h5-14H,1-4H3,(H,32,37)(H,34,36). The van der Waals surface area contributed by atoms with E-state index in [1.165, 1.54) is 32.4 Å². The Balaban J connectivity index is 1.37. The number of hydrogen-bond donors (Lipinski definition) is 2. The number of rotatable bonds is 7. The number of aryl methyl sites for hydroxylation is 2. The Morgan fingerprint density at radius 3 is 2.45 bits per heavy atom. The number of anilines is 1. The second kappa shape index (κ2) is 10.8. The molecule has 5 rings (SSSR count). The number of hydrogen-bond acceptors (Lipinski definition) is 8. The molecule has 0 aliphatic rings. The summed E-state index contributed by atoms with van der Waals surface area (Å²) in [5.41, 5.74) is 2.39. The summed E-state index contributed by atoms with van der Waals surface area (Å²) in [6.07, 6.45) is 1.59. The molecular formula is C29H24FN5O5. The van der Waals surface area contributed by atoms with E-state index in [9.17, 15) is 14.0 Å². The summed E-state index contributed by atoms with van der Waals surface area (Å²) in [7, 11) is 3.01. The maximum absolute atomic E-state index is 13.6. The molecule has 5 aromatic rings. The number of halogens is 1. The molecule has 2 aromatic carbocycles. The number of H-pyrrole nitrogens is 1. The van der Waals surface area contributed by atoms with Gasteiger partial charge in [0.1, 0.15) is 17.1 Å². The summed E-state index contributed by atoms with van der Waals surface area (Å²) in [5, 5.41) is 9.37. The van der Waals surface area contributed by atoms with E-state index in [-0.39, 0.29) is 11.3 Å². The van der Waals surface area contributed by atoms with Crippen molar-refractivity contribution in [2.75, 3.05) is 19.5 Å². The van der Waals surface area contributed by atoms with Crippen LogP contribution in [0.15, 0.2) is 65.6 Å². The van der Waals surface area contributed by atoms with E-state index >= 15 is 0 Å². The van der Waals surface area contributed by atoms with Crippen LogP contribution in [0.5, 0.6) is 23.1 Å². The zero-order valence-corrected chi connectivity index (χ0v) is 22.0. The average molecular weight is 542 g/mol. The number of nitrogens with one attached hydrogen (secondary N) is 2. The fourth-order valence-corrected chi connectivity index (χ4v) is 4.23. The lowest BCUT2D eigenvalue weighted by molar-refractivity contribution is 0.102. The average Bonchev–Trinajstić information content (AvgIpc) is 2.94. The number of ether oxygens (including phenoxy) is 3. The van der Waals surface area contributed by atoms with Crippen LogP contribution in [-0.2, 0) is 0 Å². The molecule has 2 N–H and O–H groups in total. The Labute approximate surface area is 227 Å². The molecule has 0 unspecified atom stereocenters. The van der Waals surface area contributed by atoms with Crippen molar-refractivity contribution in [1.29, 1.82) is 0 Å². The van der Waals surface area contributed by atoms with Crippen LogP contribution in [-0.4, -0.2) is 40.3 Å². The number of carbonyl (C=O) groups excluding carboxylic acids is 1. The van der Waals surface area contributed by atoms with Gasteiger partial charge in [0.2, 0.25) is 5.43 Å². The highest BCUT2D eigenvalue weighted by atomic mass is 19.1. The molecule has 0 aliphatic carbocycles. The third kappa shape index (κ3) is 5.04. The number of aromatic amines is 1. The minimum absolute atomic E-state index is 0.258. The summed E-state index contributed by atoms with van der Waals surface area (Å²) < 4.78 is 30.2. The molecule has 1 amide bonds. The largest absolute Gasteiger partial charge is 0.491 e. The summed E-state index contributed by atoms with van der Waals surface area (Å²) in [5.74, 6) is 0.554. The Kier molecular flexibility index (Phi) is 7.11. The fraction of sp³-hybridized carbons (Fsp3) is 0.138. The second-order valence-corrected chi connectivity index (χ2v) is 8.82. The molecule has 0 spiro atoms. The number of benzene rings is 2. The monoisotopic (exact) mass is 541 g/mol.